The molecule has 1 aromatic carbocycles. The Labute approximate surface area is 197 Å². The van der Waals surface area contributed by atoms with Gasteiger partial charge in [0.1, 0.15) is 17.5 Å². The number of likely N-dealkylation sites (tertiary alicyclic amines) is 1. The van der Waals surface area contributed by atoms with Crippen molar-refractivity contribution >= 4 is 6.01 Å². The first kappa shape index (κ1) is 22.2. The lowest BCUT2D eigenvalue weighted by Crippen LogP contribution is -2.62. The summed E-state index contributed by atoms with van der Waals surface area (Å²) in [6.45, 7) is 5.19. The summed E-state index contributed by atoms with van der Waals surface area (Å²) >= 11 is 0. The highest BCUT2D eigenvalue weighted by molar-refractivity contribution is 5.39. The fraction of sp³-hybridized carbons (Fsp3) is 0.667. The zero-order valence-corrected chi connectivity index (χ0v) is 19.1. The minimum absolute atomic E-state index is 0.0734. The number of anilines is 1. The van der Waals surface area contributed by atoms with E-state index in [2.05, 4.69) is 15.1 Å². The van der Waals surface area contributed by atoms with Crippen LogP contribution in [-0.4, -0.2) is 78.8 Å². The van der Waals surface area contributed by atoms with Crippen LogP contribution in [0.5, 0.6) is 5.75 Å². The summed E-state index contributed by atoms with van der Waals surface area (Å²) in [6.07, 6.45) is 5.34. The van der Waals surface area contributed by atoms with E-state index >= 15 is 0 Å². The second kappa shape index (κ2) is 9.05. The summed E-state index contributed by atoms with van der Waals surface area (Å²) < 4.78 is 51.9. The van der Waals surface area contributed by atoms with E-state index in [1.807, 2.05) is 4.90 Å². The molecule has 0 bridgehead atoms. The summed E-state index contributed by atoms with van der Waals surface area (Å²) in [7, 11) is 0. The third-order valence-electron chi connectivity index (χ3n) is 7.74. The number of hydrogen-bond acceptors (Lipinski definition) is 8. The van der Waals surface area contributed by atoms with E-state index in [0.29, 0.717) is 37.4 Å². The Morgan fingerprint density at radius 3 is 2.59 bits per heavy atom. The van der Waals surface area contributed by atoms with E-state index in [0.717, 1.165) is 64.3 Å². The highest BCUT2D eigenvalue weighted by atomic mass is 19.1. The Hall–Kier alpha value is -2.30. The summed E-state index contributed by atoms with van der Waals surface area (Å²) in [5.41, 5.74) is 0.517. The van der Waals surface area contributed by atoms with Crippen LogP contribution in [0.4, 0.5) is 14.8 Å². The summed E-state index contributed by atoms with van der Waals surface area (Å²) in [5, 5.41) is 7.71. The van der Waals surface area contributed by atoms with E-state index in [1.165, 1.54) is 12.5 Å². The Bertz CT molecular complexity index is 987. The van der Waals surface area contributed by atoms with Crippen molar-refractivity contribution in [2.75, 3.05) is 50.9 Å². The van der Waals surface area contributed by atoms with Gasteiger partial charge in [-0.2, -0.15) is 0 Å². The Morgan fingerprint density at radius 1 is 1.06 bits per heavy atom. The predicted molar refractivity (Wildman–Crippen MR) is 118 cm³/mol. The van der Waals surface area contributed by atoms with Gasteiger partial charge in [0, 0.05) is 30.5 Å². The van der Waals surface area contributed by atoms with Gasteiger partial charge < -0.3 is 23.5 Å². The van der Waals surface area contributed by atoms with Crippen LogP contribution in [0.25, 0.3) is 0 Å². The van der Waals surface area contributed by atoms with Crippen LogP contribution in [0.1, 0.15) is 43.6 Å². The van der Waals surface area contributed by atoms with E-state index in [4.69, 9.17) is 18.6 Å². The van der Waals surface area contributed by atoms with Crippen LogP contribution in [0.2, 0.25) is 0 Å². The zero-order valence-electron chi connectivity index (χ0n) is 19.1. The first-order valence-electron chi connectivity index (χ1n) is 12.2. The van der Waals surface area contributed by atoms with Crippen molar-refractivity contribution in [2.24, 2.45) is 0 Å². The molecule has 2 aromatic rings. The SMILES string of the molecule is Fc1cc(F)c(OC2CCOCC2)c(C2CCN([C@@H]3COC4(C3)CN(c3nnco3)C4)CC2)c1. The van der Waals surface area contributed by atoms with E-state index < -0.39 is 11.6 Å². The minimum atomic E-state index is -0.606. The van der Waals surface area contributed by atoms with E-state index in [9.17, 15) is 8.78 Å². The molecule has 0 unspecified atom stereocenters. The van der Waals surface area contributed by atoms with Crippen LogP contribution < -0.4 is 9.64 Å². The number of nitrogens with zero attached hydrogens (tertiary/aromatic N) is 4. The molecule has 1 aromatic heterocycles. The highest BCUT2D eigenvalue weighted by Gasteiger charge is 2.52. The number of rotatable bonds is 5. The van der Waals surface area contributed by atoms with Crippen molar-refractivity contribution in [3.05, 3.63) is 35.7 Å². The number of benzene rings is 1. The minimum Gasteiger partial charge on any atom is -0.487 e. The number of piperidine rings is 1. The van der Waals surface area contributed by atoms with Crippen molar-refractivity contribution in [3.63, 3.8) is 0 Å². The smallest absolute Gasteiger partial charge is 0.318 e. The van der Waals surface area contributed by atoms with Crippen molar-refractivity contribution in [3.8, 4) is 5.75 Å². The lowest BCUT2D eigenvalue weighted by Gasteiger charge is -2.46. The predicted octanol–water partition coefficient (Wildman–Crippen LogP) is 3.13. The molecule has 0 N–H and O–H groups in total. The average molecular weight is 477 g/mol. The molecule has 0 amide bonds. The molecule has 1 spiro atoms. The quantitative estimate of drug-likeness (QED) is 0.652. The first-order chi connectivity index (χ1) is 16.6. The Kier molecular flexibility index (Phi) is 5.90. The topological polar surface area (TPSA) is 73.1 Å². The molecular formula is C24H30F2N4O4. The molecule has 0 aliphatic carbocycles. The van der Waals surface area contributed by atoms with Gasteiger partial charge in [-0.15, -0.1) is 5.10 Å². The molecule has 0 saturated carbocycles. The molecule has 5 heterocycles. The number of ether oxygens (including phenoxy) is 3. The van der Waals surface area contributed by atoms with Crippen molar-refractivity contribution in [2.45, 2.75) is 55.8 Å². The van der Waals surface area contributed by atoms with Gasteiger partial charge >= 0.3 is 6.01 Å². The summed E-state index contributed by atoms with van der Waals surface area (Å²) in [4.78, 5) is 4.51. The second-order valence-corrected chi connectivity index (χ2v) is 9.98. The molecular weight excluding hydrogens is 446 g/mol. The van der Waals surface area contributed by atoms with Gasteiger partial charge in [-0.25, -0.2) is 8.78 Å². The van der Waals surface area contributed by atoms with Crippen LogP contribution in [0.3, 0.4) is 0 Å². The Morgan fingerprint density at radius 2 is 1.85 bits per heavy atom. The maximum Gasteiger partial charge on any atom is 0.318 e. The van der Waals surface area contributed by atoms with Crippen LogP contribution in [0.15, 0.2) is 22.9 Å². The van der Waals surface area contributed by atoms with Gasteiger partial charge in [-0.1, -0.05) is 5.10 Å². The van der Waals surface area contributed by atoms with E-state index in [1.54, 1.807) is 0 Å². The molecule has 4 aliphatic heterocycles. The van der Waals surface area contributed by atoms with Crippen LogP contribution >= 0.6 is 0 Å². The average Bonchev–Trinajstić information content (AvgIpc) is 3.51. The summed E-state index contributed by atoms with van der Waals surface area (Å²) in [6, 6.07) is 3.29. The van der Waals surface area contributed by atoms with Crippen molar-refractivity contribution in [1.29, 1.82) is 0 Å². The molecule has 4 aliphatic rings. The molecule has 4 fully saturated rings. The highest BCUT2D eigenvalue weighted by Crippen LogP contribution is 2.42. The molecule has 6 rings (SSSR count). The van der Waals surface area contributed by atoms with Gasteiger partial charge in [0.15, 0.2) is 11.6 Å². The maximum atomic E-state index is 14.8. The van der Waals surface area contributed by atoms with Crippen molar-refractivity contribution < 1.29 is 27.4 Å². The number of aromatic nitrogens is 2. The molecule has 34 heavy (non-hydrogen) atoms. The molecule has 0 radical (unpaired) electrons. The third-order valence-corrected chi connectivity index (χ3v) is 7.74. The van der Waals surface area contributed by atoms with Gasteiger partial charge in [0.25, 0.3) is 0 Å². The maximum absolute atomic E-state index is 14.8. The molecule has 184 valence electrons. The van der Waals surface area contributed by atoms with Gasteiger partial charge in [-0.05, 0) is 44.3 Å². The molecule has 10 heteroatoms. The van der Waals surface area contributed by atoms with Crippen LogP contribution in [0, 0.1) is 11.6 Å². The van der Waals surface area contributed by atoms with Gasteiger partial charge in [-0.3, -0.25) is 4.90 Å². The normalized spacial score (nSPS) is 26.2. The largest absolute Gasteiger partial charge is 0.487 e. The summed E-state index contributed by atoms with van der Waals surface area (Å²) in [5.74, 6) is -0.850. The van der Waals surface area contributed by atoms with E-state index in [-0.39, 0.29) is 23.4 Å². The fourth-order valence-electron chi connectivity index (χ4n) is 5.91. The lowest BCUT2D eigenvalue weighted by atomic mass is 9.86. The van der Waals surface area contributed by atoms with Gasteiger partial charge in [0.05, 0.1) is 32.9 Å². The standard InChI is InChI=1S/C24H30F2N4O4/c25-17-9-20(22(21(26)10-17)34-19-3-7-31-8-4-19)16-1-5-29(6-2-16)18-11-24(33-12-18)13-30(14-24)23-28-27-15-32-23/h9-10,15-16,18-19H,1-8,11-14H2/t18-/m0/s1. The second-order valence-electron chi connectivity index (χ2n) is 9.98. The Balaban J connectivity index is 1.07. The monoisotopic (exact) mass is 476 g/mol. The molecule has 8 nitrogen and oxygen atoms in total. The number of hydrogen-bond donors (Lipinski definition) is 0. The number of halogens is 2. The molecule has 1 atom stereocenters. The van der Waals surface area contributed by atoms with Crippen LogP contribution in [-0.2, 0) is 9.47 Å². The van der Waals surface area contributed by atoms with Gasteiger partial charge in [0.2, 0.25) is 6.39 Å². The third kappa shape index (κ3) is 4.27. The zero-order chi connectivity index (χ0) is 23.1. The van der Waals surface area contributed by atoms with Crippen molar-refractivity contribution in [1.82, 2.24) is 15.1 Å². The lowest BCUT2D eigenvalue weighted by molar-refractivity contribution is -0.0216. The fourth-order valence-corrected chi connectivity index (χ4v) is 5.91. The first-order valence-corrected chi connectivity index (χ1v) is 12.2. The molecule has 4 saturated heterocycles.